The average molecular weight is 513 g/mol. The number of benzene rings is 4. The van der Waals surface area contributed by atoms with Gasteiger partial charge in [0.1, 0.15) is 0 Å². The van der Waals surface area contributed by atoms with Crippen LogP contribution in [0.3, 0.4) is 0 Å². The van der Waals surface area contributed by atoms with Crippen molar-refractivity contribution in [3.63, 3.8) is 0 Å². The lowest BCUT2D eigenvalue weighted by Gasteiger charge is -2.18. The van der Waals surface area contributed by atoms with E-state index in [0.717, 1.165) is 12.8 Å². The second-order valence-corrected chi connectivity index (χ2v) is 12.6. The number of hydrogen-bond donors (Lipinski definition) is 0. The van der Waals surface area contributed by atoms with E-state index < -0.39 is 9.52 Å². The van der Waals surface area contributed by atoms with Gasteiger partial charge in [0.2, 0.25) is 0 Å². The van der Waals surface area contributed by atoms with Crippen LogP contribution in [0.15, 0.2) is 114 Å². The number of hydrogen-bond acceptors (Lipinski definition) is 0. The monoisotopic (exact) mass is 512 g/mol. The third-order valence-electron chi connectivity index (χ3n) is 7.81. The highest BCUT2D eigenvalue weighted by Crippen LogP contribution is 2.33. The van der Waals surface area contributed by atoms with Gasteiger partial charge in [-0.25, -0.2) is 0 Å². The smallest absolute Gasteiger partial charge is 0.0802 e. The quantitative estimate of drug-likeness (QED) is 0.176. The van der Waals surface area contributed by atoms with E-state index in [1.54, 1.807) is 10.4 Å². The molecule has 0 saturated heterocycles. The second-order valence-electron chi connectivity index (χ2n) is 10.6. The lowest BCUT2D eigenvalue weighted by atomic mass is 9.92. The Morgan fingerprint density at radius 3 is 1.87 bits per heavy atom. The Morgan fingerprint density at radius 1 is 0.605 bits per heavy atom. The Hall–Kier alpha value is -3.42. The molecule has 0 amide bonds. The van der Waals surface area contributed by atoms with Gasteiger partial charge >= 0.3 is 0 Å². The van der Waals surface area contributed by atoms with Gasteiger partial charge in [0.25, 0.3) is 0 Å². The highest BCUT2D eigenvalue weighted by atomic mass is 28.2. The van der Waals surface area contributed by atoms with Gasteiger partial charge in [-0.2, -0.15) is 0 Å². The van der Waals surface area contributed by atoms with E-state index in [9.17, 15) is 0 Å². The maximum Gasteiger partial charge on any atom is 0.0844 e. The highest BCUT2D eigenvalue weighted by Gasteiger charge is 2.18. The van der Waals surface area contributed by atoms with Crippen LogP contribution in [0.1, 0.15) is 62.6 Å². The fourth-order valence-electron chi connectivity index (χ4n) is 5.64. The normalized spacial score (nSPS) is 13.2. The lowest BCUT2D eigenvalue weighted by molar-refractivity contribution is 0.795. The fourth-order valence-corrected chi connectivity index (χ4v) is 7.75. The predicted molar refractivity (Wildman–Crippen MR) is 170 cm³/mol. The second kappa shape index (κ2) is 12.9. The molecule has 0 unspecified atom stereocenters. The van der Waals surface area contributed by atoms with Crippen LogP contribution in [-0.4, -0.2) is 9.52 Å². The SMILES string of the molecule is CCCCc1ccc(-c2cccc([SiH2]C3=C(c4ccccc4)C=CC3)c2-c2ccc(CCCC)cc2)cc1. The van der Waals surface area contributed by atoms with E-state index in [1.165, 1.54) is 76.6 Å². The first-order valence-electron chi connectivity index (χ1n) is 14.5. The summed E-state index contributed by atoms with van der Waals surface area (Å²) in [6.45, 7) is 4.54. The van der Waals surface area contributed by atoms with Gasteiger partial charge in [0.15, 0.2) is 0 Å². The Bertz CT molecular complexity index is 1390. The van der Waals surface area contributed by atoms with E-state index in [-0.39, 0.29) is 0 Å². The standard InChI is InChI=1S/C37H40Si/c1-3-5-12-28-20-24-31(25-21-28)34-17-11-19-36(37(34)32-26-22-29(23-27-32)13-6-4-2)38-35-18-10-16-33(35)30-14-8-7-9-15-30/h7-11,14-17,19-27H,3-6,12-13,18,38H2,1-2H3. The van der Waals surface area contributed by atoms with Crippen LogP contribution in [-0.2, 0) is 12.8 Å². The summed E-state index contributed by atoms with van der Waals surface area (Å²) in [6.07, 6.45) is 13.1. The molecular formula is C37H40Si. The molecule has 0 radical (unpaired) electrons. The van der Waals surface area contributed by atoms with Gasteiger partial charge < -0.3 is 0 Å². The third-order valence-corrected chi connectivity index (χ3v) is 9.88. The molecule has 0 bridgehead atoms. The molecule has 1 aliphatic carbocycles. The van der Waals surface area contributed by atoms with Crippen LogP contribution in [0.5, 0.6) is 0 Å². The van der Waals surface area contributed by atoms with Gasteiger partial charge in [-0.05, 0) is 76.6 Å². The minimum absolute atomic E-state index is 0.650. The number of allylic oxidation sites excluding steroid dienone is 4. The Kier molecular flexibility index (Phi) is 8.89. The van der Waals surface area contributed by atoms with Crippen molar-refractivity contribution in [3.05, 3.63) is 131 Å². The topological polar surface area (TPSA) is 0 Å². The first kappa shape index (κ1) is 26.2. The molecule has 0 nitrogen and oxygen atoms in total. The fraction of sp³-hybridized carbons (Fsp3) is 0.243. The maximum absolute atomic E-state index is 2.40. The summed E-state index contributed by atoms with van der Waals surface area (Å²) >= 11 is 0. The summed E-state index contributed by atoms with van der Waals surface area (Å²) in [5, 5.41) is 3.19. The first-order chi connectivity index (χ1) is 18.8. The molecule has 1 aliphatic rings. The molecular weight excluding hydrogens is 472 g/mol. The summed E-state index contributed by atoms with van der Waals surface area (Å²) in [6, 6.07) is 36.8. The molecule has 1 heteroatoms. The summed E-state index contributed by atoms with van der Waals surface area (Å²) in [5.74, 6) is 0. The van der Waals surface area contributed by atoms with Crippen LogP contribution >= 0.6 is 0 Å². The van der Waals surface area contributed by atoms with Crippen molar-refractivity contribution < 1.29 is 0 Å². The van der Waals surface area contributed by atoms with Crippen molar-refractivity contribution in [2.75, 3.05) is 0 Å². The van der Waals surface area contributed by atoms with Crippen LogP contribution < -0.4 is 5.19 Å². The molecule has 0 aromatic heterocycles. The van der Waals surface area contributed by atoms with Crippen LogP contribution in [0.25, 0.3) is 27.8 Å². The maximum atomic E-state index is 2.40. The molecule has 4 aromatic carbocycles. The molecule has 0 aliphatic heterocycles. The van der Waals surface area contributed by atoms with E-state index in [4.69, 9.17) is 0 Å². The zero-order chi connectivity index (χ0) is 26.2. The largest absolute Gasteiger partial charge is 0.0844 e. The molecule has 0 heterocycles. The zero-order valence-electron chi connectivity index (χ0n) is 23.0. The molecule has 5 rings (SSSR count). The van der Waals surface area contributed by atoms with E-state index in [1.807, 2.05) is 0 Å². The molecule has 38 heavy (non-hydrogen) atoms. The van der Waals surface area contributed by atoms with Crippen molar-refractivity contribution in [1.29, 1.82) is 0 Å². The van der Waals surface area contributed by atoms with Gasteiger partial charge in [-0.15, -0.1) is 0 Å². The Balaban J connectivity index is 1.56. The predicted octanol–water partition coefficient (Wildman–Crippen LogP) is 8.87. The van der Waals surface area contributed by atoms with E-state index in [2.05, 4.69) is 123 Å². The Morgan fingerprint density at radius 2 is 1.24 bits per heavy atom. The number of unbranched alkanes of at least 4 members (excludes halogenated alkanes) is 2. The molecule has 0 N–H and O–H groups in total. The van der Waals surface area contributed by atoms with Crippen molar-refractivity contribution >= 4 is 20.3 Å². The van der Waals surface area contributed by atoms with Gasteiger partial charge in [0.05, 0.1) is 9.52 Å². The van der Waals surface area contributed by atoms with Crippen molar-refractivity contribution in [1.82, 2.24) is 0 Å². The molecule has 192 valence electrons. The van der Waals surface area contributed by atoms with E-state index in [0.29, 0.717) is 0 Å². The third kappa shape index (κ3) is 6.17. The summed E-state index contributed by atoms with van der Waals surface area (Å²) in [4.78, 5) is 0. The first-order valence-corrected chi connectivity index (χ1v) is 15.9. The molecule has 0 fully saturated rings. The van der Waals surface area contributed by atoms with Gasteiger partial charge in [-0.1, -0.05) is 146 Å². The van der Waals surface area contributed by atoms with Crippen molar-refractivity contribution in [2.45, 2.75) is 58.8 Å². The lowest BCUT2D eigenvalue weighted by Crippen LogP contribution is -2.20. The average Bonchev–Trinajstić information content (AvgIpc) is 3.44. The molecule has 0 atom stereocenters. The van der Waals surface area contributed by atoms with Crippen molar-refractivity contribution in [3.8, 4) is 22.3 Å². The van der Waals surface area contributed by atoms with E-state index >= 15 is 0 Å². The summed E-state index contributed by atoms with van der Waals surface area (Å²) < 4.78 is 0. The molecule has 0 spiro atoms. The van der Waals surface area contributed by atoms with Crippen LogP contribution in [0, 0.1) is 0 Å². The highest BCUT2D eigenvalue weighted by molar-refractivity contribution is 6.64. The minimum Gasteiger partial charge on any atom is -0.0802 e. The number of aryl methyl sites for hydroxylation is 2. The number of rotatable bonds is 11. The zero-order valence-corrected chi connectivity index (χ0v) is 24.5. The summed E-state index contributed by atoms with van der Waals surface area (Å²) in [7, 11) is -0.650. The van der Waals surface area contributed by atoms with Gasteiger partial charge in [0, 0.05) is 0 Å². The Labute approximate surface area is 232 Å². The van der Waals surface area contributed by atoms with Gasteiger partial charge in [-0.3, -0.25) is 0 Å². The van der Waals surface area contributed by atoms with Crippen LogP contribution in [0.4, 0.5) is 0 Å². The summed E-state index contributed by atoms with van der Waals surface area (Å²) in [5.41, 5.74) is 11.2. The molecule has 0 saturated carbocycles. The van der Waals surface area contributed by atoms with Crippen LogP contribution in [0.2, 0.25) is 0 Å². The minimum atomic E-state index is -0.650. The molecule has 4 aromatic rings. The van der Waals surface area contributed by atoms with Crippen molar-refractivity contribution in [2.24, 2.45) is 0 Å².